The number of phenolic OH excluding ortho intramolecular Hbond substituents is 2. The summed E-state index contributed by atoms with van der Waals surface area (Å²) in [6.07, 6.45) is 1.35. The summed E-state index contributed by atoms with van der Waals surface area (Å²) in [5, 5.41) is 32.1. The molecule has 0 unspecified atom stereocenters. The Hall–Kier alpha value is -2.06. The first-order valence-electron chi connectivity index (χ1n) is 17.3. The molecule has 2 aliphatic rings. The van der Waals surface area contributed by atoms with Gasteiger partial charge in [-0.3, -0.25) is 20.4 Å². The van der Waals surface area contributed by atoms with E-state index in [2.05, 4.69) is 26.4 Å². The molecule has 31 heteroatoms. The van der Waals surface area contributed by atoms with Crippen LogP contribution in [-0.2, 0) is 74.6 Å². The Morgan fingerprint density at radius 3 is 1.42 bits per heavy atom. The molecule has 5 aromatic rings. The second kappa shape index (κ2) is 25.3. The van der Waals surface area contributed by atoms with Gasteiger partial charge in [-0.1, -0.05) is 30.3 Å². The van der Waals surface area contributed by atoms with Crippen molar-refractivity contribution >= 4 is 98.4 Å². The predicted octanol–water partition coefficient (Wildman–Crippen LogP) is -8.57. The van der Waals surface area contributed by atoms with Crippen molar-refractivity contribution in [3.05, 3.63) is 129 Å². The molecule has 0 aliphatic heterocycles. The predicted molar refractivity (Wildman–Crippen MR) is 220 cm³/mol. The Bertz CT molecular complexity index is 3460. The number of hydrogen-bond donors (Lipinski definition) is 5. The smallest absolute Gasteiger partial charge is 0.744 e. The molecule has 5 N–H and O–H groups in total. The van der Waals surface area contributed by atoms with Crippen molar-refractivity contribution in [2.24, 2.45) is 10.2 Å². The molecule has 0 saturated carbocycles. The number of Topliss-reactive ketones (excluding diaryl/α,β-unsaturated/α-hetero) is 2. The van der Waals surface area contributed by atoms with E-state index in [1.807, 2.05) is 6.07 Å². The average molecular weight is 1150 g/mol. The van der Waals surface area contributed by atoms with Gasteiger partial charge in [-0.25, -0.2) is 33.7 Å². The summed E-state index contributed by atoms with van der Waals surface area (Å²) >= 11 is 0. The van der Waals surface area contributed by atoms with E-state index in [9.17, 15) is 71.7 Å². The quantitative estimate of drug-likeness (QED) is 0.0355. The van der Waals surface area contributed by atoms with Gasteiger partial charge in [0.2, 0.25) is 11.6 Å². The summed E-state index contributed by atoms with van der Waals surface area (Å²) in [7, 11) is -22.1. The van der Waals surface area contributed by atoms with Gasteiger partial charge in [0.25, 0.3) is 0 Å². The number of nitrogens with one attached hydrogen (secondary N) is 3. The standard InChI is InChI=1S/C38H27N5O16S4.2Cu.4Na/c44-29-14-19(6-10-27(29)40-42-35-32(62(54,55)56)16-21-12-24(8-9-26(21)37(35)46)39-23-4-2-1-3-5-23)20-7-11-28(30(45)15-20)41-43-36-33(63(57,58)59)17-22-13-25(60(48,49)50)18-31(61(51,52)53)34(22)38(36)47;;;;;;/h1-18,39-41,44-45H,(H,48,49,50)(H,51,52,53)(H,54,55,56)(H,57,58,59);;;;;;/q;;;4*+1/p-4/b42-35-,43-36-;;;;;;. The number of hydrogen-bond acceptors (Lipinski definition) is 21. The van der Waals surface area contributed by atoms with Gasteiger partial charge < -0.3 is 33.7 Å². The van der Waals surface area contributed by atoms with Crippen molar-refractivity contribution in [1.82, 2.24) is 0 Å². The summed E-state index contributed by atoms with van der Waals surface area (Å²) < 4.78 is 144. The number of allylic oxidation sites excluding steroid dienone is 2. The first-order chi connectivity index (χ1) is 29.4. The van der Waals surface area contributed by atoms with Crippen molar-refractivity contribution in [3.63, 3.8) is 0 Å². The van der Waals surface area contributed by atoms with Gasteiger partial charge in [-0.05, 0) is 101 Å². The molecule has 21 nitrogen and oxygen atoms in total. The number of nitrogens with zero attached hydrogens (tertiary/aromatic N) is 2. The number of phenols is 2. The van der Waals surface area contributed by atoms with Crippen LogP contribution in [0.4, 0.5) is 22.7 Å². The number of carbonyl (C=O) groups excluding carboxylic acids is 2. The number of ketones is 2. The summed E-state index contributed by atoms with van der Waals surface area (Å²) in [5.41, 5.74) is 1.79. The van der Waals surface area contributed by atoms with Crippen LogP contribution in [0.1, 0.15) is 31.8 Å². The molecule has 0 fully saturated rings. The van der Waals surface area contributed by atoms with E-state index in [0.717, 1.165) is 24.3 Å². The first-order valence-corrected chi connectivity index (χ1v) is 22.9. The molecule has 0 saturated heterocycles. The van der Waals surface area contributed by atoms with E-state index in [1.54, 1.807) is 30.3 Å². The van der Waals surface area contributed by atoms with Gasteiger partial charge in [-0.2, -0.15) is 10.2 Å². The number of rotatable bonds is 11. The zero-order chi connectivity index (χ0) is 45.8. The monoisotopic (exact) mass is 1150 g/mol. The third-order valence-electron chi connectivity index (χ3n) is 9.16. The van der Waals surface area contributed by atoms with Crippen LogP contribution in [0, 0.1) is 0 Å². The molecule has 0 spiro atoms. The Labute approximate surface area is 503 Å². The molecule has 69 heavy (non-hydrogen) atoms. The fourth-order valence-electron chi connectivity index (χ4n) is 6.29. The van der Waals surface area contributed by atoms with Gasteiger partial charge in [0.15, 0.2) is 0 Å². The minimum atomic E-state index is -5.71. The molecule has 0 heterocycles. The number of fused-ring (bicyclic) bond motifs is 2. The minimum Gasteiger partial charge on any atom is -0.744 e. The number of benzene rings is 5. The van der Waals surface area contributed by atoms with Crippen LogP contribution in [0.25, 0.3) is 23.3 Å². The Kier molecular flexibility index (Phi) is 23.8. The zero-order valence-corrected chi connectivity index (χ0v) is 48.8. The number of para-hydroxylation sites is 1. The maximum absolute atomic E-state index is 13.4. The normalized spacial score (nSPS) is 14.3. The van der Waals surface area contributed by atoms with Gasteiger partial charge in [-0.15, -0.1) is 0 Å². The fourth-order valence-corrected chi connectivity index (χ4v) is 8.92. The molecule has 0 atom stereocenters. The van der Waals surface area contributed by atoms with Crippen molar-refractivity contribution in [2.75, 3.05) is 16.2 Å². The summed E-state index contributed by atoms with van der Waals surface area (Å²) in [5.74, 6) is -3.73. The number of anilines is 4. The van der Waals surface area contributed by atoms with E-state index in [0.29, 0.717) is 23.5 Å². The topological polar surface area (TPSA) is 364 Å². The van der Waals surface area contributed by atoms with Crippen LogP contribution < -0.4 is 134 Å². The van der Waals surface area contributed by atoms with E-state index in [-0.39, 0.29) is 192 Å². The number of aromatic hydroxyl groups is 2. The van der Waals surface area contributed by atoms with E-state index >= 15 is 0 Å². The molecule has 346 valence electrons. The second-order valence-corrected chi connectivity index (χ2v) is 18.7. The summed E-state index contributed by atoms with van der Waals surface area (Å²) in [4.78, 5) is 21.7. The van der Waals surface area contributed by atoms with Gasteiger partial charge in [0, 0.05) is 56.6 Å². The first kappa shape index (κ1) is 65.0. The zero-order valence-electron chi connectivity index (χ0n) is 35.6. The molecule has 0 bridgehead atoms. The van der Waals surface area contributed by atoms with Crippen LogP contribution >= 0.6 is 0 Å². The van der Waals surface area contributed by atoms with Crippen molar-refractivity contribution in [2.45, 2.75) is 9.79 Å². The molecule has 0 amide bonds. The SMILES string of the molecule is O=C1/C(=N\Nc2ccc(-c3ccc(N/N=C4\C(=O)c5c(cc(S(=O)(=O)[O-])cc5S(=O)(=O)[O-])C=C4S(=O)(=O)[O-])c(O)c3)cc2O)C(S(=O)(=O)[O-])=Cc2cc(Nc3ccccc3)ccc21.[Cu].[Cu].[Na+].[Na+].[Na+].[Na+]. The fraction of sp³-hybridized carbons (Fsp3) is 0. The van der Waals surface area contributed by atoms with E-state index in [1.165, 1.54) is 30.3 Å². The molecule has 2 radical (unpaired) electrons. The summed E-state index contributed by atoms with van der Waals surface area (Å²) in [6.45, 7) is 0. The Morgan fingerprint density at radius 1 is 0.493 bits per heavy atom. The Balaban J connectivity index is 0.00000397. The van der Waals surface area contributed by atoms with Crippen LogP contribution in [0.3, 0.4) is 0 Å². The maximum Gasteiger partial charge on any atom is 1.00 e. The van der Waals surface area contributed by atoms with Crippen LogP contribution in [-0.4, -0.2) is 85.1 Å². The molecule has 0 aromatic heterocycles. The molecule has 5 aromatic carbocycles. The summed E-state index contributed by atoms with van der Waals surface area (Å²) in [6, 6.07) is 21.2. The van der Waals surface area contributed by atoms with Crippen molar-refractivity contribution in [3.8, 4) is 22.6 Å². The average Bonchev–Trinajstić information content (AvgIpc) is 3.19. The number of carbonyl (C=O) groups is 2. The van der Waals surface area contributed by atoms with Crippen LogP contribution in [0.2, 0.25) is 0 Å². The number of hydrazone groups is 2. The molecule has 7 rings (SSSR count). The van der Waals surface area contributed by atoms with Crippen molar-refractivity contribution < 1.29 is 224 Å². The Morgan fingerprint density at radius 2 is 0.971 bits per heavy atom. The van der Waals surface area contributed by atoms with Crippen LogP contribution in [0.5, 0.6) is 11.5 Å². The minimum absolute atomic E-state index is 0. The van der Waals surface area contributed by atoms with Gasteiger partial charge in [0.05, 0.1) is 31.0 Å². The second-order valence-electron chi connectivity index (χ2n) is 13.3. The van der Waals surface area contributed by atoms with Crippen LogP contribution in [0.15, 0.2) is 127 Å². The molecular formula is C38H23Cu2N5Na4O16S4. The molecule has 2 aliphatic carbocycles. The van der Waals surface area contributed by atoms with E-state index < -0.39 is 106 Å². The third kappa shape index (κ3) is 14.8. The van der Waals surface area contributed by atoms with Crippen molar-refractivity contribution in [1.29, 1.82) is 0 Å². The molecular weight excluding hydrogens is 1130 g/mol. The van der Waals surface area contributed by atoms with Gasteiger partial charge >= 0.3 is 118 Å². The largest absolute Gasteiger partial charge is 1.00 e. The van der Waals surface area contributed by atoms with E-state index in [4.69, 9.17) is 0 Å². The maximum atomic E-state index is 13.4. The third-order valence-corrected chi connectivity index (χ3v) is 12.5. The van der Waals surface area contributed by atoms with Gasteiger partial charge in [0.1, 0.15) is 63.4 Å².